The standard InChI is InChI=1S/C6H15ClOSi.Mg.2H/c1-4-5-8-6(7)9(2)3;;;/h6,9H,4-5H2,1-3H3;;;/q;+2;2*-1. The Kier molecular flexibility index (Phi) is 11.5. The quantitative estimate of drug-likeness (QED) is 0.489. The van der Waals surface area contributed by atoms with E-state index in [1.807, 2.05) is 0 Å². The molecule has 0 rings (SSSR count). The molecule has 0 saturated carbocycles. The van der Waals surface area contributed by atoms with Gasteiger partial charge in [0.15, 0.2) is 0 Å². The van der Waals surface area contributed by atoms with Crippen molar-refractivity contribution in [3.8, 4) is 0 Å². The fraction of sp³-hybridized carbons (Fsp3) is 1.00. The number of alkyl halides is 1. The summed E-state index contributed by atoms with van der Waals surface area (Å²) in [5.74, 6) is 0. The van der Waals surface area contributed by atoms with Gasteiger partial charge in [-0.3, -0.25) is 0 Å². The van der Waals surface area contributed by atoms with Gasteiger partial charge in [0.05, 0.1) is 8.80 Å². The Bertz CT molecular complexity index is 80.6. The summed E-state index contributed by atoms with van der Waals surface area (Å²) in [5, 5.41) is 0.0324. The predicted octanol–water partition coefficient (Wildman–Crippen LogP) is 1.85. The van der Waals surface area contributed by atoms with Crippen LogP contribution in [-0.4, -0.2) is 43.6 Å². The zero-order valence-electron chi connectivity index (χ0n) is 9.06. The number of hydrogen-bond acceptors (Lipinski definition) is 1. The predicted molar refractivity (Wildman–Crippen MR) is 52.7 cm³/mol. The van der Waals surface area contributed by atoms with Crippen LogP contribution >= 0.6 is 11.6 Å². The Balaban J connectivity index is -0.000000107. The van der Waals surface area contributed by atoms with Crippen LogP contribution in [0.5, 0.6) is 0 Å². The van der Waals surface area contributed by atoms with E-state index < -0.39 is 8.80 Å². The maximum atomic E-state index is 5.83. The first-order chi connectivity index (χ1) is 4.18. The van der Waals surface area contributed by atoms with Crippen LogP contribution in [0.3, 0.4) is 0 Å². The number of hydrogen-bond donors (Lipinski definition) is 0. The zero-order valence-corrected chi connectivity index (χ0v) is 10.4. The minimum atomic E-state index is -0.753. The summed E-state index contributed by atoms with van der Waals surface area (Å²) in [6, 6.07) is 0. The van der Waals surface area contributed by atoms with Gasteiger partial charge in [-0.2, -0.15) is 0 Å². The zero-order chi connectivity index (χ0) is 7.28. The first kappa shape index (κ1) is 13.8. The van der Waals surface area contributed by atoms with E-state index in [0.717, 1.165) is 13.0 Å². The van der Waals surface area contributed by atoms with E-state index in [9.17, 15) is 0 Å². The molecule has 0 aliphatic carbocycles. The summed E-state index contributed by atoms with van der Waals surface area (Å²) in [4.78, 5) is 0. The Hall–Kier alpha value is 1.23. The summed E-state index contributed by atoms with van der Waals surface area (Å²) in [7, 11) is -0.753. The third kappa shape index (κ3) is 7.34. The Morgan fingerprint density at radius 3 is 2.40 bits per heavy atom. The molecule has 0 aliphatic rings. The van der Waals surface area contributed by atoms with Gasteiger partial charge in [0, 0.05) is 6.61 Å². The van der Waals surface area contributed by atoms with Crippen molar-refractivity contribution in [3.63, 3.8) is 0 Å². The van der Waals surface area contributed by atoms with E-state index in [-0.39, 0.29) is 31.1 Å². The van der Waals surface area contributed by atoms with Gasteiger partial charge in [0.1, 0.15) is 5.19 Å². The third-order valence-electron chi connectivity index (χ3n) is 1.01. The molecule has 0 aromatic carbocycles. The number of rotatable bonds is 4. The normalized spacial score (nSPS) is 12.9. The van der Waals surface area contributed by atoms with Gasteiger partial charge in [0.2, 0.25) is 0 Å². The fourth-order valence-electron chi connectivity index (χ4n) is 0.423. The van der Waals surface area contributed by atoms with Gasteiger partial charge in [0.25, 0.3) is 0 Å². The maximum absolute atomic E-state index is 5.83. The van der Waals surface area contributed by atoms with E-state index in [1.165, 1.54) is 0 Å². The molecule has 1 nitrogen and oxygen atoms in total. The van der Waals surface area contributed by atoms with Gasteiger partial charge in [-0.1, -0.05) is 31.6 Å². The van der Waals surface area contributed by atoms with Crippen LogP contribution in [0, 0.1) is 0 Å². The average Bonchev–Trinajstić information content (AvgIpc) is 1.82. The molecule has 0 saturated heterocycles. The third-order valence-corrected chi connectivity index (χ3v) is 3.88. The topological polar surface area (TPSA) is 9.23 Å². The molecular weight excluding hydrogens is 176 g/mol. The van der Waals surface area contributed by atoms with Crippen molar-refractivity contribution < 1.29 is 7.59 Å². The number of ether oxygens (including phenoxy) is 1. The fourth-order valence-corrected chi connectivity index (χ4v) is 1.03. The van der Waals surface area contributed by atoms with Crippen LogP contribution in [0.2, 0.25) is 13.1 Å². The minimum Gasteiger partial charge on any atom is -1.00 e. The van der Waals surface area contributed by atoms with Crippen LogP contribution in [0.25, 0.3) is 0 Å². The summed E-state index contributed by atoms with van der Waals surface area (Å²) in [6.45, 7) is 7.27. The molecule has 4 heteroatoms. The van der Waals surface area contributed by atoms with Crippen LogP contribution in [0.1, 0.15) is 16.2 Å². The molecule has 60 valence electrons. The second kappa shape index (κ2) is 8.33. The molecule has 1 atom stereocenters. The van der Waals surface area contributed by atoms with Crippen LogP contribution in [0.4, 0.5) is 0 Å². The molecule has 0 heterocycles. The van der Waals surface area contributed by atoms with Crippen molar-refractivity contribution in [1.29, 1.82) is 0 Å². The van der Waals surface area contributed by atoms with Crippen molar-refractivity contribution in [2.24, 2.45) is 0 Å². The second-order valence-electron chi connectivity index (χ2n) is 2.47. The first-order valence-electron chi connectivity index (χ1n) is 3.44. The van der Waals surface area contributed by atoms with E-state index >= 15 is 0 Å². The Morgan fingerprint density at radius 2 is 2.10 bits per heavy atom. The van der Waals surface area contributed by atoms with E-state index in [4.69, 9.17) is 16.3 Å². The van der Waals surface area contributed by atoms with Gasteiger partial charge in [-0.05, 0) is 6.42 Å². The molecule has 0 aromatic rings. The van der Waals surface area contributed by atoms with Crippen molar-refractivity contribution >= 4 is 43.5 Å². The van der Waals surface area contributed by atoms with E-state index in [0.29, 0.717) is 0 Å². The molecule has 0 aromatic heterocycles. The molecule has 0 N–H and O–H groups in total. The smallest absolute Gasteiger partial charge is 1.00 e. The van der Waals surface area contributed by atoms with E-state index in [2.05, 4.69) is 20.0 Å². The van der Waals surface area contributed by atoms with Crippen molar-refractivity contribution in [2.75, 3.05) is 6.61 Å². The molecular formula is C6H17ClMgOSi. The van der Waals surface area contributed by atoms with Gasteiger partial charge < -0.3 is 7.59 Å². The maximum Gasteiger partial charge on any atom is 2.00 e. The monoisotopic (exact) mass is 192 g/mol. The summed E-state index contributed by atoms with van der Waals surface area (Å²) < 4.78 is 5.28. The summed E-state index contributed by atoms with van der Waals surface area (Å²) >= 11 is 5.83. The van der Waals surface area contributed by atoms with Crippen molar-refractivity contribution in [3.05, 3.63) is 0 Å². The van der Waals surface area contributed by atoms with Crippen LogP contribution < -0.4 is 0 Å². The van der Waals surface area contributed by atoms with Crippen LogP contribution in [-0.2, 0) is 4.74 Å². The molecule has 0 bridgehead atoms. The minimum absolute atomic E-state index is 0. The molecule has 1 unspecified atom stereocenters. The molecule has 0 aliphatic heterocycles. The molecule has 0 radical (unpaired) electrons. The molecule has 10 heavy (non-hydrogen) atoms. The second-order valence-corrected chi connectivity index (χ2v) is 6.41. The molecule has 0 amide bonds. The molecule has 0 spiro atoms. The van der Waals surface area contributed by atoms with Crippen molar-refractivity contribution in [1.82, 2.24) is 0 Å². The van der Waals surface area contributed by atoms with Crippen LogP contribution in [0.15, 0.2) is 0 Å². The van der Waals surface area contributed by atoms with Gasteiger partial charge in [-0.15, -0.1) is 0 Å². The largest absolute Gasteiger partial charge is 2.00 e. The van der Waals surface area contributed by atoms with E-state index in [1.54, 1.807) is 0 Å². The Labute approximate surface area is 89.2 Å². The first-order valence-corrected chi connectivity index (χ1v) is 6.85. The van der Waals surface area contributed by atoms with Crippen molar-refractivity contribution in [2.45, 2.75) is 31.6 Å². The Morgan fingerprint density at radius 1 is 1.60 bits per heavy atom. The summed E-state index contributed by atoms with van der Waals surface area (Å²) in [5.41, 5.74) is 0. The summed E-state index contributed by atoms with van der Waals surface area (Å²) in [6.07, 6.45) is 1.06. The SMILES string of the molecule is CCCOC(Cl)[SiH](C)C.[H-].[H-].[Mg+2]. The molecule has 0 fully saturated rings. The average molecular weight is 193 g/mol. The van der Waals surface area contributed by atoms with Gasteiger partial charge in [-0.25, -0.2) is 0 Å². The number of halogens is 1. The van der Waals surface area contributed by atoms with Gasteiger partial charge >= 0.3 is 23.1 Å².